The lowest BCUT2D eigenvalue weighted by atomic mass is 9.90. The highest BCUT2D eigenvalue weighted by molar-refractivity contribution is 5.81. The van der Waals surface area contributed by atoms with E-state index in [9.17, 15) is 9.59 Å². The van der Waals surface area contributed by atoms with Gasteiger partial charge in [-0.1, -0.05) is 38.5 Å². The minimum absolute atomic E-state index is 0.123. The Morgan fingerprint density at radius 3 is 1.94 bits per heavy atom. The zero-order chi connectivity index (χ0) is 12.5. The van der Waals surface area contributed by atoms with Crippen molar-refractivity contribution in [2.45, 2.75) is 70.6 Å². The molecule has 1 aliphatic carbocycles. The molecule has 0 radical (unpaired) electrons. The van der Waals surface area contributed by atoms with Crippen molar-refractivity contribution in [2.75, 3.05) is 0 Å². The first-order valence-corrected chi connectivity index (χ1v) is 6.94. The van der Waals surface area contributed by atoms with Crippen LogP contribution in [0, 0.1) is 5.92 Å². The van der Waals surface area contributed by atoms with Crippen molar-refractivity contribution >= 4 is 11.8 Å². The largest absolute Gasteiger partial charge is 0.481 e. The third kappa shape index (κ3) is 6.44. The number of hydrogen-bond donors (Lipinski definition) is 1. The van der Waals surface area contributed by atoms with Gasteiger partial charge in [0.15, 0.2) is 0 Å². The summed E-state index contributed by atoms with van der Waals surface area (Å²) in [6.07, 6.45) is 10.6. The number of carbonyl (C=O) groups excluding carboxylic acids is 1. The Hall–Kier alpha value is -0.860. The first kappa shape index (κ1) is 14.2. The van der Waals surface area contributed by atoms with Crippen molar-refractivity contribution in [3.05, 3.63) is 0 Å². The standard InChI is InChI=1S/C14H24O3/c15-13(10-7-11-14(16)17)12-8-5-3-1-2-4-6-9-12/h12H,1-11H2,(H,16,17). The molecule has 17 heavy (non-hydrogen) atoms. The fourth-order valence-corrected chi connectivity index (χ4v) is 2.57. The fourth-order valence-electron chi connectivity index (χ4n) is 2.57. The molecule has 0 aromatic heterocycles. The summed E-state index contributed by atoms with van der Waals surface area (Å²) in [6.45, 7) is 0. The summed E-state index contributed by atoms with van der Waals surface area (Å²) in [6, 6.07) is 0. The Morgan fingerprint density at radius 1 is 0.882 bits per heavy atom. The van der Waals surface area contributed by atoms with Crippen LogP contribution >= 0.6 is 0 Å². The van der Waals surface area contributed by atoms with E-state index in [2.05, 4.69) is 0 Å². The molecule has 0 bridgehead atoms. The lowest BCUT2D eigenvalue weighted by Gasteiger charge is -2.14. The monoisotopic (exact) mass is 240 g/mol. The molecule has 1 fully saturated rings. The molecule has 98 valence electrons. The van der Waals surface area contributed by atoms with Gasteiger partial charge in [-0.25, -0.2) is 0 Å². The summed E-state index contributed by atoms with van der Waals surface area (Å²) >= 11 is 0. The van der Waals surface area contributed by atoms with Crippen LogP contribution in [-0.2, 0) is 9.59 Å². The molecule has 0 heterocycles. The van der Waals surface area contributed by atoms with Gasteiger partial charge in [0.2, 0.25) is 0 Å². The van der Waals surface area contributed by atoms with Crippen molar-refractivity contribution in [2.24, 2.45) is 5.92 Å². The molecule has 0 saturated heterocycles. The molecule has 0 atom stereocenters. The van der Waals surface area contributed by atoms with E-state index in [4.69, 9.17) is 5.11 Å². The van der Waals surface area contributed by atoms with Gasteiger partial charge in [0.05, 0.1) is 0 Å². The van der Waals surface area contributed by atoms with Gasteiger partial charge in [-0.2, -0.15) is 0 Å². The predicted octanol–water partition coefficient (Wildman–Crippen LogP) is 3.56. The van der Waals surface area contributed by atoms with Crippen LogP contribution in [0.3, 0.4) is 0 Å². The third-order valence-corrected chi connectivity index (χ3v) is 3.62. The number of hydrogen-bond acceptors (Lipinski definition) is 2. The number of carboxylic acid groups (broad SMARTS) is 1. The van der Waals surface area contributed by atoms with Gasteiger partial charge in [-0.05, 0) is 19.3 Å². The van der Waals surface area contributed by atoms with Gasteiger partial charge in [0, 0.05) is 18.8 Å². The number of carbonyl (C=O) groups is 2. The number of rotatable bonds is 5. The zero-order valence-corrected chi connectivity index (χ0v) is 10.6. The molecule has 0 unspecified atom stereocenters. The van der Waals surface area contributed by atoms with Gasteiger partial charge < -0.3 is 5.11 Å². The Balaban J connectivity index is 2.28. The molecule has 1 saturated carbocycles. The van der Waals surface area contributed by atoms with Crippen molar-refractivity contribution in [3.8, 4) is 0 Å². The summed E-state index contributed by atoms with van der Waals surface area (Å²) < 4.78 is 0. The maximum Gasteiger partial charge on any atom is 0.303 e. The van der Waals surface area contributed by atoms with E-state index in [1.807, 2.05) is 0 Å². The van der Waals surface area contributed by atoms with E-state index in [1.165, 1.54) is 25.7 Å². The second kappa shape index (κ2) is 8.26. The summed E-state index contributed by atoms with van der Waals surface area (Å²) in [7, 11) is 0. The second-order valence-corrected chi connectivity index (χ2v) is 5.11. The van der Waals surface area contributed by atoms with Crippen LogP contribution in [0.25, 0.3) is 0 Å². The third-order valence-electron chi connectivity index (χ3n) is 3.62. The van der Waals surface area contributed by atoms with Crippen LogP contribution in [0.5, 0.6) is 0 Å². The molecule has 1 aliphatic rings. The molecule has 1 rings (SSSR count). The molecule has 3 nitrogen and oxygen atoms in total. The van der Waals surface area contributed by atoms with Crippen LogP contribution in [0.1, 0.15) is 70.6 Å². The van der Waals surface area contributed by atoms with Crippen LogP contribution in [-0.4, -0.2) is 16.9 Å². The second-order valence-electron chi connectivity index (χ2n) is 5.11. The van der Waals surface area contributed by atoms with E-state index < -0.39 is 5.97 Å². The zero-order valence-electron chi connectivity index (χ0n) is 10.6. The van der Waals surface area contributed by atoms with E-state index in [1.54, 1.807) is 0 Å². The van der Waals surface area contributed by atoms with Crippen molar-refractivity contribution in [3.63, 3.8) is 0 Å². The van der Waals surface area contributed by atoms with Gasteiger partial charge in [-0.3, -0.25) is 9.59 Å². The minimum Gasteiger partial charge on any atom is -0.481 e. The maximum absolute atomic E-state index is 12.0. The molecule has 0 amide bonds. The Kier molecular flexibility index (Phi) is 6.90. The van der Waals surface area contributed by atoms with Crippen LogP contribution in [0.4, 0.5) is 0 Å². The number of ketones is 1. The normalized spacial score (nSPS) is 19.1. The number of aliphatic carboxylic acids is 1. The highest BCUT2D eigenvalue weighted by Crippen LogP contribution is 2.23. The predicted molar refractivity (Wildman–Crippen MR) is 66.9 cm³/mol. The highest BCUT2D eigenvalue weighted by atomic mass is 16.4. The van der Waals surface area contributed by atoms with E-state index in [0.717, 1.165) is 25.7 Å². The lowest BCUT2D eigenvalue weighted by Crippen LogP contribution is -2.14. The molecule has 0 aliphatic heterocycles. The topological polar surface area (TPSA) is 54.4 Å². The number of carboxylic acids is 1. The van der Waals surface area contributed by atoms with E-state index >= 15 is 0 Å². The summed E-state index contributed by atoms with van der Waals surface area (Å²) in [5.74, 6) is -0.290. The van der Waals surface area contributed by atoms with E-state index in [0.29, 0.717) is 18.6 Å². The lowest BCUT2D eigenvalue weighted by molar-refractivity contribution is -0.137. The number of Topliss-reactive ketones (excluding diaryl/α,β-unsaturated/α-hetero) is 1. The van der Waals surface area contributed by atoms with Gasteiger partial charge >= 0.3 is 5.97 Å². The van der Waals surface area contributed by atoms with Crippen LogP contribution in [0.2, 0.25) is 0 Å². The maximum atomic E-state index is 12.0. The summed E-state index contributed by atoms with van der Waals surface area (Å²) in [4.78, 5) is 22.4. The van der Waals surface area contributed by atoms with Crippen molar-refractivity contribution in [1.82, 2.24) is 0 Å². The first-order valence-electron chi connectivity index (χ1n) is 6.94. The quantitative estimate of drug-likeness (QED) is 0.799. The first-order chi connectivity index (χ1) is 8.20. The van der Waals surface area contributed by atoms with Crippen molar-refractivity contribution < 1.29 is 14.7 Å². The van der Waals surface area contributed by atoms with Crippen LogP contribution in [0.15, 0.2) is 0 Å². The average Bonchev–Trinajstić information content (AvgIpc) is 2.41. The molecular weight excluding hydrogens is 216 g/mol. The smallest absolute Gasteiger partial charge is 0.303 e. The average molecular weight is 240 g/mol. The van der Waals surface area contributed by atoms with Crippen LogP contribution < -0.4 is 0 Å². The molecular formula is C14H24O3. The SMILES string of the molecule is O=C(O)CCCC(=O)C1CCCCCCCC1. The molecule has 1 N–H and O–H groups in total. The van der Waals surface area contributed by atoms with Gasteiger partial charge in [0.1, 0.15) is 5.78 Å². The Bertz CT molecular complexity index is 238. The Labute approximate surface area is 104 Å². The molecule has 0 spiro atoms. The molecule has 0 aromatic carbocycles. The fraction of sp³-hybridized carbons (Fsp3) is 0.857. The summed E-state index contributed by atoms with van der Waals surface area (Å²) in [5.41, 5.74) is 0. The van der Waals surface area contributed by atoms with Crippen molar-refractivity contribution in [1.29, 1.82) is 0 Å². The summed E-state index contributed by atoms with van der Waals surface area (Å²) in [5, 5.41) is 8.54. The minimum atomic E-state index is -0.799. The molecule has 3 heteroatoms. The molecule has 0 aromatic rings. The van der Waals surface area contributed by atoms with E-state index in [-0.39, 0.29) is 12.3 Å². The highest BCUT2D eigenvalue weighted by Gasteiger charge is 2.18. The van der Waals surface area contributed by atoms with Gasteiger partial charge in [0.25, 0.3) is 0 Å². The van der Waals surface area contributed by atoms with Gasteiger partial charge in [-0.15, -0.1) is 0 Å². The Morgan fingerprint density at radius 2 is 1.41 bits per heavy atom.